The maximum Gasteiger partial charge on any atom is 0.326 e. The molecule has 7 aromatic rings. The highest BCUT2D eigenvalue weighted by molar-refractivity contribution is 7.26. The van der Waals surface area contributed by atoms with Crippen LogP contribution in [-0.4, -0.2) is 15.0 Å². The fourth-order valence-electron chi connectivity index (χ4n) is 4.69. The summed E-state index contributed by atoms with van der Waals surface area (Å²) < 4.78 is 2.56. The molecule has 0 fully saturated rings. The Morgan fingerprint density at radius 2 is 1.31 bits per heavy atom. The lowest BCUT2D eigenvalue weighted by molar-refractivity contribution is 1.08. The molecular formula is C26H15N3O2S. The molecule has 152 valence electrons. The van der Waals surface area contributed by atoms with E-state index in [1.807, 2.05) is 23.5 Å². The third-order valence-electron chi connectivity index (χ3n) is 6.18. The van der Waals surface area contributed by atoms with Crippen LogP contribution in [-0.2, 0) is 0 Å². The van der Waals surface area contributed by atoms with Gasteiger partial charge in [-0.3, -0.25) is 9.78 Å². The van der Waals surface area contributed by atoms with Gasteiger partial charge in [0.25, 0.3) is 5.56 Å². The lowest BCUT2D eigenvalue weighted by Crippen LogP contribution is -2.21. The molecule has 0 aliphatic carbocycles. The van der Waals surface area contributed by atoms with Crippen LogP contribution in [0.2, 0.25) is 0 Å². The Morgan fingerprint density at radius 1 is 0.594 bits per heavy atom. The summed E-state index contributed by atoms with van der Waals surface area (Å²) in [5.74, 6) is 0. The van der Waals surface area contributed by atoms with Crippen molar-refractivity contribution in [3.05, 3.63) is 93.6 Å². The summed E-state index contributed by atoms with van der Waals surface area (Å²) in [6.07, 6.45) is 0. The number of benzene rings is 4. The predicted molar refractivity (Wildman–Crippen MR) is 133 cm³/mol. The maximum atomic E-state index is 12.3. The van der Waals surface area contributed by atoms with E-state index in [4.69, 9.17) is 0 Å². The first-order valence-corrected chi connectivity index (χ1v) is 11.1. The summed E-state index contributed by atoms with van der Waals surface area (Å²) in [6.45, 7) is 0. The molecule has 0 spiro atoms. The quantitative estimate of drug-likeness (QED) is 0.302. The Bertz CT molecular complexity index is 1990. The molecule has 0 amide bonds. The van der Waals surface area contributed by atoms with Crippen molar-refractivity contribution in [2.75, 3.05) is 0 Å². The number of fused-ring (bicyclic) bond motifs is 8. The number of aromatic amines is 3. The summed E-state index contributed by atoms with van der Waals surface area (Å²) in [5, 5.41) is 5.40. The van der Waals surface area contributed by atoms with Crippen molar-refractivity contribution in [2.45, 2.75) is 0 Å². The monoisotopic (exact) mass is 433 g/mol. The Morgan fingerprint density at radius 3 is 2.16 bits per heavy atom. The van der Waals surface area contributed by atoms with Crippen molar-refractivity contribution in [2.24, 2.45) is 0 Å². The SMILES string of the molecule is O=c1[nH]c(=O)c2cc(-c3ccc4[nH]c5ccc6c7ccccc7sc6c5c4c3)ccc2[nH]1. The number of rotatable bonds is 1. The molecule has 0 aliphatic rings. The van der Waals surface area contributed by atoms with Gasteiger partial charge in [-0.2, -0.15) is 0 Å². The lowest BCUT2D eigenvalue weighted by atomic mass is 10.0. The van der Waals surface area contributed by atoms with Gasteiger partial charge in [0.15, 0.2) is 0 Å². The zero-order valence-electron chi connectivity index (χ0n) is 16.7. The number of H-pyrrole nitrogens is 3. The molecule has 0 saturated carbocycles. The third-order valence-corrected chi connectivity index (χ3v) is 7.38. The second kappa shape index (κ2) is 6.18. The fourth-order valence-corrected chi connectivity index (χ4v) is 5.95. The van der Waals surface area contributed by atoms with Gasteiger partial charge in [-0.15, -0.1) is 11.3 Å². The highest BCUT2D eigenvalue weighted by Gasteiger charge is 2.14. The van der Waals surface area contributed by atoms with Crippen LogP contribution in [0.15, 0.2) is 82.4 Å². The smallest absolute Gasteiger partial charge is 0.326 e. The molecule has 5 nitrogen and oxygen atoms in total. The van der Waals surface area contributed by atoms with Gasteiger partial charge >= 0.3 is 5.69 Å². The van der Waals surface area contributed by atoms with Gasteiger partial charge in [0, 0.05) is 42.0 Å². The zero-order valence-corrected chi connectivity index (χ0v) is 17.5. The van der Waals surface area contributed by atoms with E-state index in [1.165, 1.54) is 25.6 Å². The minimum atomic E-state index is -0.497. The summed E-state index contributed by atoms with van der Waals surface area (Å²) >= 11 is 1.82. The number of thiophene rings is 1. The normalized spacial score (nSPS) is 12.0. The number of nitrogens with one attached hydrogen (secondary N) is 3. The molecule has 3 N–H and O–H groups in total. The van der Waals surface area contributed by atoms with Gasteiger partial charge < -0.3 is 9.97 Å². The average molecular weight is 433 g/mol. The van der Waals surface area contributed by atoms with Crippen molar-refractivity contribution in [3.63, 3.8) is 0 Å². The zero-order chi connectivity index (χ0) is 21.4. The first-order valence-electron chi connectivity index (χ1n) is 10.3. The minimum absolute atomic E-state index is 0.384. The molecule has 0 aliphatic heterocycles. The van der Waals surface area contributed by atoms with Crippen LogP contribution in [0, 0.1) is 0 Å². The van der Waals surface area contributed by atoms with Gasteiger partial charge in [0.05, 0.1) is 10.9 Å². The molecule has 7 rings (SSSR count). The van der Waals surface area contributed by atoms with Crippen LogP contribution < -0.4 is 11.2 Å². The van der Waals surface area contributed by atoms with Crippen LogP contribution in [0.3, 0.4) is 0 Å². The van der Waals surface area contributed by atoms with Crippen molar-refractivity contribution in [3.8, 4) is 11.1 Å². The van der Waals surface area contributed by atoms with Gasteiger partial charge in [-0.1, -0.05) is 36.4 Å². The molecule has 3 heterocycles. The summed E-state index contributed by atoms with van der Waals surface area (Å²) in [4.78, 5) is 32.4. The van der Waals surface area contributed by atoms with Crippen LogP contribution in [0.25, 0.3) is 64.0 Å². The highest BCUT2D eigenvalue weighted by atomic mass is 32.1. The second-order valence-corrected chi connectivity index (χ2v) is 9.07. The lowest BCUT2D eigenvalue weighted by Gasteiger charge is -2.04. The molecule has 0 atom stereocenters. The van der Waals surface area contributed by atoms with Crippen LogP contribution in [0.4, 0.5) is 0 Å². The van der Waals surface area contributed by atoms with E-state index in [2.05, 4.69) is 69.5 Å². The Balaban J connectivity index is 1.53. The van der Waals surface area contributed by atoms with Crippen molar-refractivity contribution in [1.82, 2.24) is 15.0 Å². The standard InChI is InChI=1S/C26H15N3O2S/c30-25-18-12-14(6-9-20(18)28-26(31)29-25)13-5-8-19-17(11-13)23-21(27-19)10-7-16-15-3-1-2-4-22(15)32-24(16)23/h1-12,27H,(H2,28,29,30,31). The van der Waals surface area contributed by atoms with Gasteiger partial charge in [0.1, 0.15) is 0 Å². The molecule has 0 radical (unpaired) electrons. The molecule has 0 bridgehead atoms. The van der Waals surface area contributed by atoms with Crippen LogP contribution in [0.1, 0.15) is 0 Å². The molecule has 32 heavy (non-hydrogen) atoms. The summed E-state index contributed by atoms with van der Waals surface area (Å²) in [5.41, 5.74) is 3.79. The van der Waals surface area contributed by atoms with Gasteiger partial charge in [-0.25, -0.2) is 4.79 Å². The van der Waals surface area contributed by atoms with Crippen LogP contribution >= 0.6 is 11.3 Å². The molecule has 3 aromatic heterocycles. The van der Waals surface area contributed by atoms with Crippen molar-refractivity contribution < 1.29 is 0 Å². The van der Waals surface area contributed by atoms with Gasteiger partial charge in [-0.05, 0) is 47.5 Å². The summed E-state index contributed by atoms with van der Waals surface area (Å²) in [7, 11) is 0. The average Bonchev–Trinajstić information content (AvgIpc) is 3.36. The maximum absolute atomic E-state index is 12.3. The van der Waals surface area contributed by atoms with Crippen molar-refractivity contribution >= 4 is 64.2 Å². The van der Waals surface area contributed by atoms with E-state index in [1.54, 1.807) is 6.07 Å². The van der Waals surface area contributed by atoms with E-state index in [0.717, 1.165) is 27.5 Å². The molecule has 6 heteroatoms. The highest BCUT2D eigenvalue weighted by Crippen LogP contribution is 2.41. The molecule has 0 unspecified atom stereocenters. The Labute approximate surface area is 184 Å². The molecule has 0 saturated heterocycles. The second-order valence-electron chi connectivity index (χ2n) is 8.02. The van der Waals surface area contributed by atoms with E-state index in [0.29, 0.717) is 10.9 Å². The predicted octanol–water partition coefficient (Wildman–Crippen LogP) is 5.89. The van der Waals surface area contributed by atoms with Crippen LogP contribution in [0.5, 0.6) is 0 Å². The summed E-state index contributed by atoms with van der Waals surface area (Å²) in [6, 6.07) is 24.7. The Hall–Kier alpha value is -4.16. The van der Waals surface area contributed by atoms with E-state index in [9.17, 15) is 9.59 Å². The minimum Gasteiger partial charge on any atom is -0.354 e. The third kappa shape index (κ3) is 2.38. The number of hydrogen-bond acceptors (Lipinski definition) is 3. The molecule has 4 aromatic carbocycles. The largest absolute Gasteiger partial charge is 0.354 e. The topological polar surface area (TPSA) is 81.5 Å². The number of aromatic nitrogens is 3. The van der Waals surface area contributed by atoms with E-state index < -0.39 is 5.69 Å². The van der Waals surface area contributed by atoms with E-state index in [-0.39, 0.29) is 5.56 Å². The first-order chi connectivity index (χ1) is 15.7. The fraction of sp³-hybridized carbons (Fsp3) is 0. The van der Waals surface area contributed by atoms with Gasteiger partial charge in [0.2, 0.25) is 0 Å². The Kier molecular flexibility index (Phi) is 3.38. The van der Waals surface area contributed by atoms with Crippen molar-refractivity contribution in [1.29, 1.82) is 0 Å². The first kappa shape index (κ1) is 17.5. The number of hydrogen-bond donors (Lipinski definition) is 3. The molecular weight excluding hydrogens is 418 g/mol. The van der Waals surface area contributed by atoms with E-state index >= 15 is 0 Å².